The third-order valence-electron chi connectivity index (χ3n) is 4.10. The Labute approximate surface area is 135 Å². The van der Waals surface area contributed by atoms with Gasteiger partial charge in [-0.15, -0.1) is 0 Å². The molecule has 1 fully saturated rings. The predicted molar refractivity (Wildman–Crippen MR) is 86.8 cm³/mol. The minimum absolute atomic E-state index is 0.0232. The summed E-state index contributed by atoms with van der Waals surface area (Å²) in [4.78, 5) is 25.4. The Bertz CT molecular complexity index is 696. The first-order valence-corrected chi connectivity index (χ1v) is 7.74. The normalized spacial score (nSPS) is 17.3. The SMILES string of the molecule is CC(=O)N1CC[C@@H](C(=O)Nc2cccc(Cn3cccn3)c2)C1. The van der Waals surface area contributed by atoms with Crippen molar-refractivity contribution in [1.82, 2.24) is 14.7 Å². The van der Waals surface area contributed by atoms with Gasteiger partial charge in [0.2, 0.25) is 11.8 Å². The highest BCUT2D eigenvalue weighted by molar-refractivity contribution is 5.93. The summed E-state index contributed by atoms with van der Waals surface area (Å²) in [5.74, 6) is -0.125. The fourth-order valence-corrected chi connectivity index (χ4v) is 2.83. The Morgan fingerprint density at radius 2 is 2.22 bits per heavy atom. The number of likely N-dealkylation sites (tertiary alicyclic amines) is 1. The van der Waals surface area contributed by atoms with Crippen LogP contribution in [0.3, 0.4) is 0 Å². The summed E-state index contributed by atoms with van der Waals surface area (Å²) in [6.45, 7) is 3.37. The van der Waals surface area contributed by atoms with Gasteiger partial charge in [0.25, 0.3) is 0 Å². The highest BCUT2D eigenvalue weighted by Crippen LogP contribution is 2.19. The van der Waals surface area contributed by atoms with E-state index in [0.29, 0.717) is 19.6 Å². The topological polar surface area (TPSA) is 67.2 Å². The van der Waals surface area contributed by atoms with Gasteiger partial charge in [-0.3, -0.25) is 14.3 Å². The maximum absolute atomic E-state index is 12.3. The molecular formula is C17H20N4O2. The molecule has 1 saturated heterocycles. The van der Waals surface area contributed by atoms with Crippen molar-refractivity contribution in [2.24, 2.45) is 5.92 Å². The number of carbonyl (C=O) groups is 2. The summed E-state index contributed by atoms with van der Waals surface area (Å²) in [5.41, 5.74) is 1.85. The minimum Gasteiger partial charge on any atom is -0.342 e. The van der Waals surface area contributed by atoms with Gasteiger partial charge >= 0.3 is 0 Å². The molecule has 0 spiro atoms. The lowest BCUT2D eigenvalue weighted by atomic mass is 10.1. The fraction of sp³-hybridized carbons (Fsp3) is 0.353. The van der Waals surface area contributed by atoms with Crippen LogP contribution in [0.4, 0.5) is 5.69 Å². The Kier molecular flexibility index (Phi) is 4.41. The van der Waals surface area contributed by atoms with Crippen molar-refractivity contribution >= 4 is 17.5 Å². The van der Waals surface area contributed by atoms with Crippen LogP contribution in [0.1, 0.15) is 18.9 Å². The second-order valence-electron chi connectivity index (χ2n) is 5.84. The van der Waals surface area contributed by atoms with E-state index in [2.05, 4.69) is 10.4 Å². The van der Waals surface area contributed by atoms with Crippen LogP contribution in [0.15, 0.2) is 42.7 Å². The second-order valence-corrected chi connectivity index (χ2v) is 5.84. The summed E-state index contributed by atoms with van der Waals surface area (Å²) in [7, 11) is 0. The first-order valence-electron chi connectivity index (χ1n) is 7.74. The van der Waals surface area contributed by atoms with Crippen LogP contribution in [0, 0.1) is 5.92 Å². The molecule has 23 heavy (non-hydrogen) atoms. The van der Waals surface area contributed by atoms with Crippen LogP contribution in [0.2, 0.25) is 0 Å². The standard InChI is InChI=1S/C17H20N4O2/c1-13(22)20-9-6-15(12-20)17(23)19-16-5-2-4-14(10-16)11-21-8-3-7-18-21/h2-5,7-8,10,15H,6,9,11-12H2,1H3,(H,19,23)/t15-/m1/s1. The number of anilines is 1. The number of benzene rings is 1. The third kappa shape index (κ3) is 3.77. The second kappa shape index (κ2) is 6.64. The van der Waals surface area contributed by atoms with E-state index in [0.717, 1.165) is 17.7 Å². The molecule has 3 rings (SSSR count). The average molecular weight is 312 g/mol. The van der Waals surface area contributed by atoms with E-state index in [-0.39, 0.29) is 17.7 Å². The van der Waals surface area contributed by atoms with Gasteiger partial charge < -0.3 is 10.2 Å². The van der Waals surface area contributed by atoms with Crippen LogP contribution in [0.5, 0.6) is 0 Å². The Morgan fingerprint density at radius 3 is 2.91 bits per heavy atom. The molecule has 1 atom stereocenters. The zero-order chi connectivity index (χ0) is 16.2. The Balaban J connectivity index is 1.61. The van der Waals surface area contributed by atoms with Crippen LogP contribution >= 0.6 is 0 Å². The zero-order valence-corrected chi connectivity index (χ0v) is 13.1. The van der Waals surface area contributed by atoms with E-state index in [1.54, 1.807) is 18.0 Å². The molecule has 0 bridgehead atoms. The quantitative estimate of drug-likeness (QED) is 0.935. The molecule has 2 aromatic rings. The van der Waals surface area contributed by atoms with Crippen LogP contribution < -0.4 is 5.32 Å². The first-order chi connectivity index (χ1) is 11.1. The van der Waals surface area contributed by atoms with Gasteiger partial charge in [-0.25, -0.2) is 0 Å². The summed E-state index contributed by atoms with van der Waals surface area (Å²) in [6, 6.07) is 9.64. The van der Waals surface area contributed by atoms with Crippen LogP contribution in [-0.4, -0.2) is 39.6 Å². The molecule has 6 heteroatoms. The molecule has 2 heterocycles. The smallest absolute Gasteiger partial charge is 0.229 e. The molecule has 0 unspecified atom stereocenters. The number of aromatic nitrogens is 2. The van der Waals surface area contributed by atoms with Gasteiger partial charge in [0, 0.05) is 38.1 Å². The van der Waals surface area contributed by atoms with Gasteiger partial charge in [0.1, 0.15) is 0 Å². The number of hydrogen-bond donors (Lipinski definition) is 1. The largest absolute Gasteiger partial charge is 0.342 e. The van der Waals surface area contributed by atoms with E-state index in [4.69, 9.17) is 0 Å². The summed E-state index contributed by atoms with van der Waals surface area (Å²) >= 11 is 0. The fourth-order valence-electron chi connectivity index (χ4n) is 2.83. The minimum atomic E-state index is -0.131. The van der Waals surface area contributed by atoms with E-state index in [1.165, 1.54) is 0 Å². The lowest BCUT2D eigenvalue weighted by Gasteiger charge is -2.14. The van der Waals surface area contributed by atoms with Gasteiger partial charge in [-0.1, -0.05) is 12.1 Å². The van der Waals surface area contributed by atoms with E-state index in [1.807, 2.05) is 41.2 Å². The number of carbonyl (C=O) groups excluding carboxylic acids is 2. The lowest BCUT2D eigenvalue weighted by molar-refractivity contribution is -0.128. The Hall–Kier alpha value is -2.63. The molecule has 120 valence electrons. The summed E-state index contributed by atoms with van der Waals surface area (Å²) in [6.07, 6.45) is 4.37. The van der Waals surface area contributed by atoms with Crippen molar-refractivity contribution in [3.8, 4) is 0 Å². The lowest BCUT2D eigenvalue weighted by Crippen LogP contribution is -2.29. The molecule has 6 nitrogen and oxygen atoms in total. The summed E-state index contributed by atoms with van der Waals surface area (Å²) < 4.78 is 1.84. The first kappa shape index (κ1) is 15.3. The van der Waals surface area contributed by atoms with Crippen molar-refractivity contribution in [2.75, 3.05) is 18.4 Å². The third-order valence-corrected chi connectivity index (χ3v) is 4.10. The van der Waals surface area contributed by atoms with Crippen molar-refractivity contribution < 1.29 is 9.59 Å². The van der Waals surface area contributed by atoms with Crippen molar-refractivity contribution in [1.29, 1.82) is 0 Å². The predicted octanol–water partition coefficient (Wildman–Crippen LogP) is 1.74. The molecule has 1 aromatic carbocycles. The van der Waals surface area contributed by atoms with Gasteiger partial charge in [-0.2, -0.15) is 5.10 Å². The summed E-state index contributed by atoms with van der Waals surface area (Å²) in [5, 5.41) is 7.14. The Morgan fingerprint density at radius 1 is 1.35 bits per heavy atom. The average Bonchev–Trinajstić information content (AvgIpc) is 3.18. The van der Waals surface area contributed by atoms with E-state index >= 15 is 0 Å². The molecule has 0 radical (unpaired) electrons. The maximum Gasteiger partial charge on any atom is 0.229 e. The molecular weight excluding hydrogens is 292 g/mol. The van der Waals surface area contributed by atoms with Crippen LogP contribution in [-0.2, 0) is 16.1 Å². The van der Waals surface area contributed by atoms with E-state index in [9.17, 15) is 9.59 Å². The molecule has 0 saturated carbocycles. The number of amides is 2. The van der Waals surface area contributed by atoms with Crippen molar-refractivity contribution in [2.45, 2.75) is 19.9 Å². The molecule has 1 aliphatic heterocycles. The van der Waals surface area contributed by atoms with Crippen LogP contribution in [0.25, 0.3) is 0 Å². The number of nitrogens with one attached hydrogen (secondary N) is 1. The van der Waals surface area contributed by atoms with Gasteiger partial charge in [-0.05, 0) is 30.2 Å². The molecule has 1 N–H and O–H groups in total. The molecule has 1 aromatic heterocycles. The molecule has 0 aliphatic carbocycles. The van der Waals surface area contributed by atoms with Gasteiger partial charge in [0.15, 0.2) is 0 Å². The zero-order valence-electron chi connectivity index (χ0n) is 13.1. The maximum atomic E-state index is 12.3. The van der Waals surface area contributed by atoms with Crippen molar-refractivity contribution in [3.63, 3.8) is 0 Å². The monoisotopic (exact) mass is 312 g/mol. The highest BCUT2D eigenvalue weighted by Gasteiger charge is 2.29. The van der Waals surface area contributed by atoms with Gasteiger partial charge in [0.05, 0.1) is 12.5 Å². The number of rotatable bonds is 4. The number of nitrogens with zero attached hydrogens (tertiary/aromatic N) is 3. The van der Waals surface area contributed by atoms with E-state index < -0.39 is 0 Å². The molecule has 1 aliphatic rings. The number of hydrogen-bond acceptors (Lipinski definition) is 3. The molecule has 2 amide bonds. The highest BCUT2D eigenvalue weighted by atomic mass is 16.2. The van der Waals surface area contributed by atoms with Crippen molar-refractivity contribution in [3.05, 3.63) is 48.3 Å².